The van der Waals surface area contributed by atoms with Crippen LogP contribution in [0.15, 0.2) is 60.3 Å². The molecule has 0 aromatic heterocycles. The highest BCUT2D eigenvalue weighted by molar-refractivity contribution is 9.27. The van der Waals surface area contributed by atoms with E-state index in [-0.39, 0.29) is 143 Å². The molecule has 0 aromatic carbocycles. The number of hydrogen-bond donors (Lipinski definition) is 3. The van der Waals surface area contributed by atoms with Gasteiger partial charge in [0.1, 0.15) is 12.2 Å². The zero-order valence-electron chi connectivity index (χ0n) is 43.0. The first kappa shape index (κ1) is 83.2. The molecule has 2 amide bonds. The number of aliphatic hydroxyl groups is 1. The molecule has 3 N–H and O–H groups in total. The number of carbonyl (C=O) groups excluding carboxylic acids is 4. The third kappa shape index (κ3) is 40.3. The fourth-order valence-electron chi connectivity index (χ4n) is 6.76. The lowest BCUT2D eigenvalue weighted by atomic mass is 9.93. The van der Waals surface area contributed by atoms with E-state index >= 15 is 0 Å². The number of rotatable bonds is 16. The van der Waals surface area contributed by atoms with Gasteiger partial charge in [-0.3, -0.25) is 19.2 Å². The molecular weight excluding hydrogens is 1420 g/mol. The molecule has 0 aromatic rings. The second-order valence-corrected chi connectivity index (χ2v) is 117. The molecular formula is C37H89N2O7P27. The SMILES string of the molecule is C=C/C=C(\C)[C@H]1NC(=O)CCCCCC(OC(C)=O)/C=C/[C@@H]1C.CC(=O)OC1/C=C/[C@H](C)[C@@H](/C(C)=C/CO)NC(=O)CCCCC1.PP(P)P(P(P)P)P(P(P)P)P(P)P.PPP(P(P)P)P(P(P)P)P(P)P. The van der Waals surface area contributed by atoms with E-state index in [0.29, 0.717) is 12.8 Å². The first-order chi connectivity index (χ1) is 34.1. The van der Waals surface area contributed by atoms with Crippen LogP contribution in [0.5, 0.6) is 0 Å². The molecule has 0 saturated heterocycles. The van der Waals surface area contributed by atoms with Gasteiger partial charge in [0, 0.05) is 26.7 Å². The predicted molar refractivity (Wildman–Crippen MR) is 413 cm³/mol. The first-order valence-corrected chi connectivity index (χ1v) is 70.1. The predicted octanol–water partition coefficient (Wildman–Crippen LogP) is 21.1. The van der Waals surface area contributed by atoms with Gasteiger partial charge in [-0.2, -0.15) is 0 Å². The normalized spacial score (nSPS) is 23.6. The van der Waals surface area contributed by atoms with Gasteiger partial charge in [0.2, 0.25) is 11.8 Å². The van der Waals surface area contributed by atoms with Gasteiger partial charge in [-0.1, -0.05) is 82.8 Å². The summed E-state index contributed by atoms with van der Waals surface area (Å²) in [6, 6.07) is -0.238. The number of hydrogen-bond acceptors (Lipinski definition) is 7. The van der Waals surface area contributed by atoms with Crippen molar-refractivity contribution in [2.24, 2.45) is 11.8 Å². The minimum Gasteiger partial charge on any atom is -0.458 e. The van der Waals surface area contributed by atoms with E-state index in [0.717, 1.165) is 70.5 Å². The van der Waals surface area contributed by atoms with Gasteiger partial charge >= 0.3 is 11.9 Å². The Hall–Kier alpha value is 8.15. The molecule has 73 heavy (non-hydrogen) atoms. The summed E-state index contributed by atoms with van der Waals surface area (Å²) < 4.78 is 10.7. The summed E-state index contributed by atoms with van der Waals surface area (Å²) in [6.45, 7) is 16.1. The van der Waals surface area contributed by atoms with Crippen molar-refractivity contribution in [3.63, 3.8) is 0 Å². The summed E-state index contributed by atoms with van der Waals surface area (Å²) in [4.78, 5) is 46.7. The van der Waals surface area contributed by atoms with Gasteiger partial charge < -0.3 is 25.2 Å². The van der Waals surface area contributed by atoms with E-state index < -0.39 is 0 Å². The maximum absolute atomic E-state index is 12.1. The van der Waals surface area contributed by atoms with Crippen molar-refractivity contribution in [3.05, 3.63) is 60.3 Å². The Morgan fingerprint density at radius 1 is 0.603 bits per heavy atom. The average molecular weight is 1510 g/mol. The van der Waals surface area contributed by atoms with Gasteiger partial charge in [0.25, 0.3) is 0 Å². The van der Waals surface area contributed by atoms with Gasteiger partial charge in [-0.15, -0.1) is 134 Å². The zero-order valence-corrected chi connectivity index (χ0v) is 71.1. The molecule has 2 aliphatic rings. The minimum atomic E-state index is -0.277. The van der Waals surface area contributed by atoms with Crippen LogP contribution in [0.4, 0.5) is 0 Å². The lowest BCUT2D eigenvalue weighted by Gasteiger charge is -2.37. The summed E-state index contributed by atoms with van der Waals surface area (Å²) in [5.41, 5.74) is 1.99. The first-order valence-electron chi connectivity index (χ1n) is 22.7. The molecule has 9 nitrogen and oxygen atoms in total. The fraction of sp³-hybridized carbons (Fsp3) is 0.622. The maximum atomic E-state index is 12.1. The van der Waals surface area contributed by atoms with Crippen molar-refractivity contribution in [1.82, 2.24) is 10.6 Å². The number of aliphatic hydroxyl groups excluding tert-OH is 1. The third-order valence-corrected chi connectivity index (χ3v) is 162. The zero-order chi connectivity index (χ0) is 56.5. The summed E-state index contributed by atoms with van der Waals surface area (Å²) in [5, 5.41) is 15.3. The molecule has 0 saturated carbocycles. The molecule has 2 heterocycles. The molecule has 2 aliphatic heterocycles. The lowest BCUT2D eigenvalue weighted by molar-refractivity contribution is -0.145. The molecule has 0 aliphatic carbocycles. The summed E-state index contributed by atoms with van der Waals surface area (Å²) >= 11 is 0. The maximum Gasteiger partial charge on any atom is 0.303 e. The standard InChI is InChI=1S/C19H29NO3.C18H29NO4.H16P14.H15P13/c1-5-9-14(2)19-15(3)12-13-17(23-16(4)21)10-7-6-8-11-18(22)20-19;1-13-9-10-16(23-15(3)21)7-5-4-6-8-17(22)19-18(13)14(2)11-12-20;1-9(2)13(10(3)4)14(11(5)6)12(7)8;1-8-12(9(2)3)13(10(4)5)11(6)7/h5,9,12-13,15,17,19H,1,6-8,10-11H2,2-4H3,(H,20,22);9-11,13,16,18,20H,4-8,12H2,1-3H3,(H,19,22);1-8H2;8H,1-7H2/b13-12+,14-9+;10-9+,14-11+;;/t15-,17?,19+;13-,16?,18-;;/m00../s1. The van der Waals surface area contributed by atoms with Crippen LogP contribution in [-0.2, 0) is 28.7 Å². The largest absolute Gasteiger partial charge is 0.458 e. The van der Waals surface area contributed by atoms with Crippen molar-refractivity contribution in [2.75, 3.05) is 6.61 Å². The number of nitrogens with one attached hydrogen (secondary N) is 2. The third-order valence-electron chi connectivity index (χ3n) is 10.0. The van der Waals surface area contributed by atoms with Crippen LogP contribution in [0.25, 0.3) is 0 Å². The highest BCUT2D eigenvalue weighted by atomic mass is 33.3. The van der Waals surface area contributed by atoms with E-state index in [1.165, 1.54) is 13.8 Å². The van der Waals surface area contributed by atoms with E-state index in [1.807, 2.05) is 51.2 Å². The van der Waals surface area contributed by atoms with Gasteiger partial charge in [0.05, 0.1) is 18.7 Å². The Morgan fingerprint density at radius 3 is 1.23 bits per heavy atom. The highest BCUT2D eigenvalue weighted by Gasteiger charge is 2.33. The monoisotopic (exact) mass is 1510 g/mol. The summed E-state index contributed by atoms with van der Waals surface area (Å²) in [7, 11) is 46.6. The topological polar surface area (TPSA) is 131 Å². The molecule has 0 radical (unpaired) electrons. The van der Waals surface area contributed by atoms with Crippen LogP contribution in [0.1, 0.15) is 106 Å². The second-order valence-electron chi connectivity index (χ2n) is 16.2. The Bertz CT molecular complexity index is 1670. The highest BCUT2D eigenvalue weighted by Crippen LogP contribution is 3.22. The summed E-state index contributed by atoms with van der Waals surface area (Å²) in [5.74, 6) is -0.262. The molecule has 19 unspecified atom stereocenters. The number of allylic oxidation sites excluding steroid dienone is 2. The number of amides is 2. The fourth-order valence-corrected chi connectivity index (χ4v) is 281. The van der Waals surface area contributed by atoms with Gasteiger partial charge in [0.15, 0.2) is 0 Å². The van der Waals surface area contributed by atoms with Crippen LogP contribution in [0, 0.1) is 11.8 Å². The number of carbonyl (C=O) groups is 4. The van der Waals surface area contributed by atoms with E-state index in [9.17, 15) is 19.2 Å². The molecule has 424 valence electrons. The molecule has 36 heteroatoms. The summed E-state index contributed by atoms with van der Waals surface area (Å²) in [6.07, 6.45) is 20.9. The van der Waals surface area contributed by atoms with Gasteiger partial charge in [-0.05, 0) is 153 Å². The van der Waals surface area contributed by atoms with Crippen molar-refractivity contribution in [2.45, 2.75) is 130 Å². The van der Waals surface area contributed by atoms with Crippen molar-refractivity contribution < 1.29 is 33.8 Å². The van der Waals surface area contributed by atoms with Crippen LogP contribution in [-0.4, -0.2) is 59.8 Å². The quantitative estimate of drug-likeness (QED) is 0.0607. The average Bonchev–Trinajstić information content (AvgIpc) is 3.27. The Kier molecular flexibility index (Phi) is 57.1. The lowest BCUT2D eigenvalue weighted by Crippen LogP contribution is -2.40. The smallest absolute Gasteiger partial charge is 0.303 e. The number of esters is 2. The van der Waals surface area contributed by atoms with E-state index in [4.69, 9.17) is 14.6 Å². The molecule has 2 rings (SSSR count). The van der Waals surface area contributed by atoms with E-state index in [2.05, 4.69) is 158 Å². The molecule has 0 bridgehead atoms. The van der Waals surface area contributed by atoms with Crippen LogP contribution in [0.2, 0.25) is 0 Å². The second kappa shape index (κ2) is 50.1. The van der Waals surface area contributed by atoms with Crippen molar-refractivity contribution >= 4 is 242 Å². The van der Waals surface area contributed by atoms with Crippen LogP contribution < -0.4 is 10.6 Å². The van der Waals surface area contributed by atoms with Crippen molar-refractivity contribution in [1.29, 1.82) is 0 Å². The number of ether oxygens (including phenoxy) is 2. The van der Waals surface area contributed by atoms with Crippen LogP contribution >= 0.6 is 219 Å². The Labute approximate surface area is 491 Å². The molecule has 23 atom stereocenters. The van der Waals surface area contributed by atoms with Crippen molar-refractivity contribution in [3.8, 4) is 0 Å². The van der Waals surface area contributed by atoms with Crippen LogP contribution in [0.3, 0.4) is 0 Å². The van der Waals surface area contributed by atoms with Gasteiger partial charge in [-0.25, -0.2) is 0 Å². The Balaban J connectivity index is 0. The Morgan fingerprint density at radius 2 is 0.959 bits per heavy atom. The molecule has 0 spiro atoms. The van der Waals surface area contributed by atoms with E-state index in [1.54, 1.807) is 12.2 Å². The molecule has 0 fully saturated rings. The minimum absolute atomic E-state index is 0.0399.